The molecule has 8 nitrogen and oxygen atoms in total. The Labute approximate surface area is 183 Å². The maximum Gasteiger partial charge on any atom is 0.227 e. The highest BCUT2D eigenvalue weighted by Gasteiger charge is 2.12. The number of anilines is 1. The minimum absolute atomic E-state index is 0.118. The van der Waals surface area contributed by atoms with Crippen LogP contribution in [0.5, 0.6) is 5.75 Å². The van der Waals surface area contributed by atoms with E-state index in [1.165, 1.54) is 22.9 Å². The van der Waals surface area contributed by atoms with Crippen LogP contribution >= 0.6 is 11.8 Å². The number of amides is 1. The lowest BCUT2D eigenvalue weighted by Crippen LogP contribution is -2.12. The van der Waals surface area contributed by atoms with E-state index in [-0.39, 0.29) is 12.3 Å². The standard InChI is InChI=1S/C22H23N5O3S/c1-13-10-17-18(11-14(13)2)25-22(24-17)31-12-19-26-21(30-27-19)9-8-20(28)23-15-4-6-16(29-3)7-5-15/h4-7,10-11H,8-9,12H2,1-3H3,(H,23,28)(H,24,25). The van der Waals surface area contributed by atoms with Gasteiger partial charge in [-0.05, 0) is 61.4 Å². The number of aromatic nitrogens is 4. The van der Waals surface area contributed by atoms with Crippen LogP contribution in [0.4, 0.5) is 5.69 Å². The van der Waals surface area contributed by atoms with Crippen molar-refractivity contribution in [2.45, 2.75) is 37.6 Å². The number of carbonyl (C=O) groups is 1. The van der Waals surface area contributed by atoms with Crippen molar-refractivity contribution in [3.8, 4) is 5.75 Å². The number of aryl methyl sites for hydroxylation is 3. The Morgan fingerprint density at radius 2 is 1.94 bits per heavy atom. The fraction of sp³-hybridized carbons (Fsp3) is 0.273. The predicted octanol–water partition coefficient (Wildman–Crippen LogP) is 4.43. The summed E-state index contributed by atoms with van der Waals surface area (Å²) in [7, 11) is 1.60. The third-order valence-electron chi connectivity index (χ3n) is 4.86. The second-order valence-corrected chi connectivity index (χ2v) is 8.13. The first kappa shape index (κ1) is 20.9. The van der Waals surface area contributed by atoms with Gasteiger partial charge in [0.1, 0.15) is 5.75 Å². The first-order valence-corrected chi connectivity index (χ1v) is 10.8. The van der Waals surface area contributed by atoms with Crippen LogP contribution in [0, 0.1) is 13.8 Å². The topological polar surface area (TPSA) is 106 Å². The molecular weight excluding hydrogens is 414 g/mol. The first-order chi connectivity index (χ1) is 15.0. The molecule has 0 radical (unpaired) electrons. The number of hydrogen-bond donors (Lipinski definition) is 2. The van der Waals surface area contributed by atoms with Gasteiger partial charge in [-0.2, -0.15) is 4.98 Å². The molecule has 160 valence electrons. The summed E-state index contributed by atoms with van der Waals surface area (Å²) in [5.41, 5.74) is 5.12. The lowest BCUT2D eigenvalue weighted by atomic mass is 10.1. The molecule has 4 rings (SSSR count). The van der Waals surface area contributed by atoms with Crippen LogP contribution in [0.1, 0.15) is 29.3 Å². The van der Waals surface area contributed by atoms with Gasteiger partial charge in [0.2, 0.25) is 11.8 Å². The summed E-state index contributed by atoms with van der Waals surface area (Å²) >= 11 is 1.51. The summed E-state index contributed by atoms with van der Waals surface area (Å²) in [4.78, 5) is 24.4. The van der Waals surface area contributed by atoms with Crippen LogP contribution in [0.15, 0.2) is 46.1 Å². The molecule has 0 saturated carbocycles. The van der Waals surface area contributed by atoms with E-state index in [0.29, 0.717) is 29.6 Å². The Hall–Kier alpha value is -3.33. The maximum atomic E-state index is 12.1. The van der Waals surface area contributed by atoms with Crippen molar-refractivity contribution in [3.63, 3.8) is 0 Å². The van der Waals surface area contributed by atoms with Crippen LogP contribution in [0.3, 0.4) is 0 Å². The third-order valence-corrected chi connectivity index (χ3v) is 5.73. The van der Waals surface area contributed by atoms with Gasteiger partial charge in [0.25, 0.3) is 0 Å². The lowest BCUT2D eigenvalue weighted by Gasteiger charge is -2.05. The number of benzene rings is 2. The molecule has 0 saturated heterocycles. The summed E-state index contributed by atoms with van der Waals surface area (Å²) in [6.45, 7) is 4.16. The van der Waals surface area contributed by atoms with Crippen LogP contribution in [-0.4, -0.2) is 33.1 Å². The second-order valence-electron chi connectivity index (χ2n) is 7.17. The smallest absolute Gasteiger partial charge is 0.227 e. The molecule has 0 aliphatic heterocycles. The van der Waals surface area contributed by atoms with Crippen molar-refractivity contribution >= 4 is 34.4 Å². The summed E-state index contributed by atoms with van der Waals surface area (Å²) in [6.07, 6.45) is 0.631. The van der Waals surface area contributed by atoms with Crippen LogP contribution in [0.25, 0.3) is 11.0 Å². The Bertz CT molecular complexity index is 1160. The highest BCUT2D eigenvalue weighted by molar-refractivity contribution is 7.98. The minimum Gasteiger partial charge on any atom is -0.497 e. The van der Waals surface area contributed by atoms with Crippen LogP contribution < -0.4 is 10.1 Å². The lowest BCUT2D eigenvalue weighted by molar-refractivity contribution is -0.116. The molecule has 0 bridgehead atoms. The number of H-pyrrole nitrogens is 1. The number of fused-ring (bicyclic) bond motifs is 1. The molecule has 2 aromatic carbocycles. The van der Waals surface area contributed by atoms with Crippen LogP contribution in [0.2, 0.25) is 0 Å². The zero-order chi connectivity index (χ0) is 21.8. The first-order valence-electron chi connectivity index (χ1n) is 9.85. The van der Waals surface area contributed by atoms with Crippen molar-refractivity contribution in [2.24, 2.45) is 0 Å². The fourth-order valence-electron chi connectivity index (χ4n) is 3.02. The summed E-state index contributed by atoms with van der Waals surface area (Å²) < 4.78 is 10.4. The molecule has 9 heteroatoms. The molecule has 0 fully saturated rings. The number of rotatable bonds is 8. The van der Waals surface area contributed by atoms with Gasteiger partial charge in [0, 0.05) is 18.5 Å². The average molecular weight is 438 g/mol. The molecule has 0 spiro atoms. The number of nitrogens with zero attached hydrogens (tertiary/aromatic N) is 3. The molecule has 4 aromatic rings. The van der Waals surface area contributed by atoms with Gasteiger partial charge in [0.15, 0.2) is 11.0 Å². The van der Waals surface area contributed by atoms with Crippen molar-refractivity contribution in [3.05, 3.63) is 59.2 Å². The number of carbonyl (C=O) groups excluding carboxylic acids is 1. The third kappa shape index (κ3) is 5.24. The van der Waals surface area contributed by atoms with E-state index >= 15 is 0 Å². The quantitative estimate of drug-likeness (QED) is 0.393. The van der Waals surface area contributed by atoms with Gasteiger partial charge in [-0.15, -0.1) is 0 Å². The second kappa shape index (κ2) is 9.22. The van der Waals surface area contributed by atoms with E-state index in [4.69, 9.17) is 9.26 Å². The Balaban J connectivity index is 1.27. The molecule has 0 atom stereocenters. The van der Waals surface area contributed by atoms with E-state index in [1.54, 1.807) is 31.4 Å². The van der Waals surface area contributed by atoms with E-state index in [9.17, 15) is 4.79 Å². The van der Waals surface area contributed by atoms with Gasteiger partial charge in [0.05, 0.1) is 23.9 Å². The monoisotopic (exact) mass is 437 g/mol. The molecule has 1 amide bonds. The minimum atomic E-state index is -0.118. The van der Waals surface area contributed by atoms with Crippen molar-refractivity contribution in [1.82, 2.24) is 20.1 Å². The molecule has 0 aliphatic rings. The summed E-state index contributed by atoms with van der Waals surface area (Å²) in [5.74, 6) is 2.16. The van der Waals surface area contributed by atoms with E-state index in [0.717, 1.165) is 21.9 Å². The molecule has 2 N–H and O–H groups in total. The fourth-order valence-corrected chi connectivity index (χ4v) is 3.74. The SMILES string of the molecule is COc1ccc(NC(=O)CCc2nc(CSc3nc4cc(C)c(C)cc4[nH]3)no2)cc1. The maximum absolute atomic E-state index is 12.1. The van der Waals surface area contributed by atoms with Gasteiger partial charge < -0.3 is 19.6 Å². The highest BCUT2D eigenvalue weighted by atomic mass is 32.2. The summed E-state index contributed by atoms with van der Waals surface area (Å²) in [6, 6.07) is 11.3. The Morgan fingerprint density at radius 1 is 1.16 bits per heavy atom. The number of nitrogens with one attached hydrogen (secondary N) is 2. The van der Waals surface area contributed by atoms with Crippen LogP contribution in [-0.2, 0) is 17.0 Å². The Kier molecular flexibility index (Phi) is 6.22. The molecular formula is C22H23N5O3S. The number of imidazole rings is 1. The number of methoxy groups -OCH3 is 1. The zero-order valence-corrected chi connectivity index (χ0v) is 18.4. The molecule has 2 aromatic heterocycles. The van der Waals surface area contributed by atoms with Crippen molar-refractivity contribution < 1.29 is 14.1 Å². The predicted molar refractivity (Wildman–Crippen MR) is 119 cm³/mol. The largest absolute Gasteiger partial charge is 0.497 e. The van der Waals surface area contributed by atoms with Crippen molar-refractivity contribution in [1.29, 1.82) is 0 Å². The molecule has 0 aliphatic carbocycles. The number of aromatic amines is 1. The van der Waals surface area contributed by atoms with E-state index in [2.05, 4.69) is 51.4 Å². The average Bonchev–Trinajstić information content (AvgIpc) is 3.38. The molecule has 0 unspecified atom stereocenters. The molecule has 2 heterocycles. The normalized spacial score (nSPS) is 11.1. The van der Waals surface area contributed by atoms with Gasteiger partial charge in [-0.1, -0.05) is 16.9 Å². The number of thioether (sulfide) groups is 1. The number of hydrogen-bond acceptors (Lipinski definition) is 7. The van der Waals surface area contributed by atoms with Crippen molar-refractivity contribution in [2.75, 3.05) is 12.4 Å². The van der Waals surface area contributed by atoms with E-state index < -0.39 is 0 Å². The van der Waals surface area contributed by atoms with E-state index in [1.807, 2.05) is 0 Å². The van der Waals surface area contributed by atoms with Gasteiger partial charge >= 0.3 is 0 Å². The molecule has 31 heavy (non-hydrogen) atoms. The van der Waals surface area contributed by atoms with Gasteiger partial charge in [-0.3, -0.25) is 4.79 Å². The summed E-state index contributed by atoms with van der Waals surface area (Å²) in [5, 5.41) is 7.65. The zero-order valence-electron chi connectivity index (χ0n) is 17.6. The number of ether oxygens (including phenoxy) is 1. The van der Waals surface area contributed by atoms with Gasteiger partial charge in [-0.25, -0.2) is 4.98 Å². The highest BCUT2D eigenvalue weighted by Crippen LogP contribution is 2.24. The Morgan fingerprint density at radius 3 is 2.71 bits per heavy atom.